The summed E-state index contributed by atoms with van der Waals surface area (Å²) in [6.45, 7) is 6.46. The number of thiophene rings is 1. The quantitative estimate of drug-likeness (QED) is 0.877. The average molecular weight is 316 g/mol. The molecule has 0 bridgehead atoms. The lowest BCUT2D eigenvalue weighted by molar-refractivity contribution is 0.347. The third kappa shape index (κ3) is 4.04. The van der Waals surface area contributed by atoms with Crippen LogP contribution in [-0.4, -0.2) is 38.4 Å². The molecular weight excluding hydrogens is 292 g/mol. The molecule has 6 heteroatoms. The highest BCUT2D eigenvalue weighted by molar-refractivity contribution is 7.91. The molecule has 1 aliphatic heterocycles. The average Bonchev–Trinajstić information content (AvgIpc) is 2.89. The van der Waals surface area contributed by atoms with Crippen molar-refractivity contribution in [2.45, 2.75) is 49.8 Å². The Kier molecular flexibility index (Phi) is 5.60. The second-order valence-electron chi connectivity index (χ2n) is 5.54. The van der Waals surface area contributed by atoms with Crippen molar-refractivity contribution in [3.05, 3.63) is 17.0 Å². The van der Waals surface area contributed by atoms with Gasteiger partial charge in [-0.25, -0.2) is 8.42 Å². The molecular formula is C14H24N2O2S2. The number of nitrogens with zero attached hydrogens (tertiary/aromatic N) is 1. The molecule has 4 nitrogen and oxygen atoms in total. The Hall–Kier alpha value is -0.430. The van der Waals surface area contributed by atoms with Crippen LogP contribution in [0.3, 0.4) is 0 Å². The van der Waals surface area contributed by atoms with E-state index in [1.54, 1.807) is 10.4 Å². The normalized spacial score (nSPS) is 17.8. The van der Waals surface area contributed by atoms with Crippen molar-refractivity contribution in [2.75, 3.05) is 19.6 Å². The lowest BCUT2D eigenvalue weighted by atomic mass is 10.2. The molecule has 2 rings (SSSR count). The third-order valence-electron chi connectivity index (χ3n) is 3.47. The van der Waals surface area contributed by atoms with Gasteiger partial charge in [0.1, 0.15) is 4.21 Å². The first-order valence-electron chi connectivity index (χ1n) is 7.32. The van der Waals surface area contributed by atoms with Gasteiger partial charge in [-0.05, 0) is 31.4 Å². The molecule has 0 saturated carbocycles. The minimum absolute atomic E-state index is 0.464. The van der Waals surface area contributed by atoms with Crippen LogP contribution in [0.25, 0.3) is 0 Å². The highest BCUT2D eigenvalue weighted by atomic mass is 32.2. The fraction of sp³-hybridized carbons (Fsp3) is 0.714. The summed E-state index contributed by atoms with van der Waals surface area (Å²) >= 11 is 1.42. The van der Waals surface area contributed by atoms with E-state index in [0.29, 0.717) is 23.3 Å². The molecule has 1 saturated heterocycles. The predicted molar refractivity (Wildman–Crippen MR) is 83.8 cm³/mol. The topological polar surface area (TPSA) is 49.4 Å². The van der Waals surface area contributed by atoms with Gasteiger partial charge in [0.25, 0.3) is 10.0 Å². The van der Waals surface area contributed by atoms with Gasteiger partial charge in [-0.1, -0.05) is 20.3 Å². The van der Waals surface area contributed by atoms with Crippen LogP contribution in [0.1, 0.15) is 38.0 Å². The summed E-state index contributed by atoms with van der Waals surface area (Å²) in [5, 5.41) is 3.35. The van der Waals surface area contributed by atoms with Crippen molar-refractivity contribution in [1.29, 1.82) is 0 Å². The lowest BCUT2D eigenvalue weighted by Gasteiger charge is -2.25. The molecule has 0 spiro atoms. The van der Waals surface area contributed by atoms with Crippen molar-refractivity contribution in [2.24, 2.45) is 0 Å². The van der Waals surface area contributed by atoms with Crippen LogP contribution in [0.2, 0.25) is 0 Å². The van der Waals surface area contributed by atoms with Gasteiger partial charge >= 0.3 is 0 Å². The van der Waals surface area contributed by atoms with Crippen molar-refractivity contribution in [3.8, 4) is 0 Å². The lowest BCUT2D eigenvalue weighted by Crippen LogP contribution is -2.35. The number of rotatable bonds is 6. The summed E-state index contributed by atoms with van der Waals surface area (Å²) in [6.07, 6.45) is 3.99. The molecule has 1 aromatic rings. The molecule has 0 atom stereocenters. The Balaban J connectivity index is 2.00. The van der Waals surface area contributed by atoms with Gasteiger partial charge in [-0.15, -0.1) is 11.3 Å². The predicted octanol–water partition coefficient (Wildman–Crippen LogP) is 2.46. The van der Waals surface area contributed by atoms with Gasteiger partial charge in [0, 0.05) is 30.6 Å². The highest BCUT2D eigenvalue weighted by Gasteiger charge is 2.27. The Morgan fingerprint density at radius 2 is 1.95 bits per heavy atom. The van der Waals surface area contributed by atoms with Gasteiger partial charge in [-0.3, -0.25) is 0 Å². The number of hydrogen-bond donors (Lipinski definition) is 1. The number of nitrogens with one attached hydrogen (secondary N) is 1. The smallest absolute Gasteiger partial charge is 0.252 e. The van der Waals surface area contributed by atoms with Gasteiger partial charge < -0.3 is 5.32 Å². The Morgan fingerprint density at radius 1 is 1.25 bits per heavy atom. The maximum atomic E-state index is 12.5. The van der Waals surface area contributed by atoms with Crippen LogP contribution >= 0.6 is 11.3 Å². The molecule has 0 aromatic carbocycles. The maximum absolute atomic E-state index is 12.5. The van der Waals surface area contributed by atoms with Gasteiger partial charge in [0.15, 0.2) is 0 Å². The highest BCUT2D eigenvalue weighted by Crippen LogP contribution is 2.27. The fourth-order valence-corrected chi connectivity index (χ4v) is 5.37. The molecule has 20 heavy (non-hydrogen) atoms. The summed E-state index contributed by atoms with van der Waals surface area (Å²) in [5.41, 5.74) is 0. The van der Waals surface area contributed by atoms with Crippen LogP contribution in [0.5, 0.6) is 0 Å². The molecule has 0 aliphatic carbocycles. The van der Waals surface area contributed by atoms with Crippen LogP contribution in [0.4, 0.5) is 0 Å². The maximum Gasteiger partial charge on any atom is 0.252 e. The zero-order valence-electron chi connectivity index (χ0n) is 12.3. The van der Waals surface area contributed by atoms with Gasteiger partial charge in [0.05, 0.1) is 0 Å². The first-order chi connectivity index (χ1) is 9.50. The summed E-state index contributed by atoms with van der Waals surface area (Å²) in [6, 6.07) is 4.18. The van der Waals surface area contributed by atoms with E-state index in [1.807, 2.05) is 6.07 Å². The van der Waals surface area contributed by atoms with Gasteiger partial charge in [-0.2, -0.15) is 4.31 Å². The zero-order valence-corrected chi connectivity index (χ0v) is 13.9. The minimum Gasteiger partial charge on any atom is -0.314 e. The molecule has 1 N–H and O–H groups in total. The first kappa shape index (κ1) is 15.9. The van der Waals surface area contributed by atoms with E-state index in [-0.39, 0.29) is 0 Å². The van der Waals surface area contributed by atoms with E-state index in [2.05, 4.69) is 19.2 Å². The molecule has 1 aromatic heterocycles. The molecule has 1 fully saturated rings. The number of sulfonamides is 1. The fourth-order valence-electron chi connectivity index (χ4n) is 2.35. The minimum atomic E-state index is -3.25. The van der Waals surface area contributed by atoms with E-state index in [1.165, 1.54) is 11.3 Å². The Morgan fingerprint density at radius 3 is 2.60 bits per heavy atom. The zero-order chi connectivity index (χ0) is 14.6. The van der Waals surface area contributed by atoms with E-state index in [0.717, 1.165) is 37.1 Å². The Bertz CT molecular complexity index is 517. The molecule has 0 amide bonds. The largest absolute Gasteiger partial charge is 0.314 e. The molecule has 0 unspecified atom stereocenters. The molecule has 1 aliphatic rings. The van der Waals surface area contributed by atoms with Crippen molar-refractivity contribution >= 4 is 21.4 Å². The van der Waals surface area contributed by atoms with Crippen LogP contribution in [0, 0.1) is 0 Å². The molecule has 114 valence electrons. The number of hydrogen-bond acceptors (Lipinski definition) is 4. The van der Waals surface area contributed by atoms with Crippen molar-refractivity contribution in [3.63, 3.8) is 0 Å². The van der Waals surface area contributed by atoms with E-state index >= 15 is 0 Å². The molecule has 0 radical (unpaired) electrons. The monoisotopic (exact) mass is 316 g/mol. The van der Waals surface area contributed by atoms with Crippen molar-refractivity contribution in [1.82, 2.24) is 9.62 Å². The van der Waals surface area contributed by atoms with Crippen LogP contribution in [-0.2, 0) is 16.4 Å². The van der Waals surface area contributed by atoms with E-state index in [9.17, 15) is 8.42 Å². The second kappa shape index (κ2) is 7.02. The Labute approximate surface area is 126 Å². The van der Waals surface area contributed by atoms with E-state index < -0.39 is 10.0 Å². The summed E-state index contributed by atoms with van der Waals surface area (Å²) in [4.78, 5) is 1.13. The SMILES string of the molecule is CC(C)NCCc1ccc(S(=O)(=O)N2CCCCC2)s1. The summed E-state index contributed by atoms with van der Waals surface area (Å²) in [5.74, 6) is 0. The summed E-state index contributed by atoms with van der Waals surface area (Å²) < 4.78 is 27.1. The second-order valence-corrected chi connectivity index (χ2v) is 8.88. The van der Waals surface area contributed by atoms with Crippen LogP contribution < -0.4 is 5.32 Å². The number of piperidine rings is 1. The van der Waals surface area contributed by atoms with Crippen molar-refractivity contribution < 1.29 is 8.42 Å². The van der Waals surface area contributed by atoms with Crippen LogP contribution in [0.15, 0.2) is 16.3 Å². The molecule has 2 heterocycles. The third-order valence-corrected chi connectivity index (χ3v) is 6.98. The van der Waals surface area contributed by atoms with E-state index in [4.69, 9.17) is 0 Å². The standard InChI is InChI=1S/C14H24N2O2S2/c1-12(2)15-9-8-13-6-7-14(19-13)20(17,18)16-10-4-3-5-11-16/h6-7,12,15H,3-5,8-11H2,1-2H3. The van der Waals surface area contributed by atoms with Gasteiger partial charge in [0.2, 0.25) is 0 Å². The first-order valence-corrected chi connectivity index (χ1v) is 9.58. The summed E-state index contributed by atoms with van der Waals surface area (Å²) in [7, 11) is -3.25.